The number of hydrogen-bond donors (Lipinski definition) is 0. The summed E-state index contributed by atoms with van der Waals surface area (Å²) < 4.78 is 0. The first kappa shape index (κ1) is 15.1. The molecule has 0 aromatic rings. The van der Waals surface area contributed by atoms with Gasteiger partial charge in [0.2, 0.25) is 0 Å². The van der Waals surface area contributed by atoms with Crippen molar-refractivity contribution in [1.29, 1.82) is 0 Å². The van der Waals surface area contributed by atoms with E-state index in [9.17, 15) is 0 Å². The molecule has 1 aliphatic heterocycles. The van der Waals surface area contributed by atoms with E-state index in [0.717, 1.165) is 12.5 Å². The predicted molar refractivity (Wildman–Crippen MR) is 52.1 cm³/mol. The van der Waals surface area contributed by atoms with Crippen molar-refractivity contribution in [2.24, 2.45) is 5.92 Å². The van der Waals surface area contributed by atoms with Crippen molar-refractivity contribution in [3.63, 3.8) is 0 Å². The summed E-state index contributed by atoms with van der Waals surface area (Å²) in [5.41, 5.74) is 0. The summed E-state index contributed by atoms with van der Waals surface area (Å²) >= 11 is 0. The second-order valence-corrected chi connectivity index (χ2v) is 3.21. The molecule has 1 rings (SSSR count). The first-order valence-electron chi connectivity index (χ1n) is 4.97. The maximum absolute atomic E-state index is 4.53. The van der Waals surface area contributed by atoms with Gasteiger partial charge in [-0.05, 0) is 0 Å². The van der Waals surface area contributed by atoms with Gasteiger partial charge in [0.05, 0.1) is 0 Å². The molecule has 1 radical (unpaired) electrons. The van der Waals surface area contributed by atoms with Crippen LogP contribution in [0.3, 0.4) is 0 Å². The Morgan fingerprint density at radius 2 is 1.75 bits per heavy atom. The molecule has 1 unspecified atom stereocenters. The molecule has 1 aliphatic rings. The van der Waals surface area contributed by atoms with Crippen LogP contribution in [0.4, 0.5) is 0 Å². The zero-order chi connectivity index (χ0) is 8.69. The van der Waals surface area contributed by atoms with Gasteiger partial charge >= 0.3 is 0 Å². The second-order valence-electron chi connectivity index (χ2n) is 3.21. The molecular weight excluding hydrogens is 320 g/mol. The van der Waals surface area contributed by atoms with Crippen molar-refractivity contribution >= 4 is 0 Å². The molecule has 1 saturated heterocycles. The molecular formula is C10H22NRe-. The fourth-order valence-corrected chi connectivity index (χ4v) is 1.36. The maximum Gasteiger partial charge on any atom is 0 e. The molecule has 0 amide bonds. The molecule has 0 saturated carbocycles. The van der Waals surface area contributed by atoms with Crippen LogP contribution in [0.15, 0.2) is 0 Å². The van der Waals surface area contributed by atoms with E-state index >= 15 is 0 Å². The van der Waals surface area contributed by atoms with Crippen LogP contribution in [0.1, 0.15) is 47.0 Å². The third-order valence-electron chi connectivity index (χ3n) is 2.04. The molecule has 1 heterocycles. The van der Waals surface area contributed by atoms with E-state index in [1.54, 1.807) is 0 Å². The minimum Gasteiger partial charge on any atom is -0.659 e. The number of nitrogens with zero attached hydrogens (tertiary/aromatic N) is 1. The Morgan fingerprint density at radius 3 is 2.00 bits per heavy atom. The van der Waals surface area contributed by atoms with E-state index in [2.05, 4.69) is 19.2 Å². The summed E-state index contributed by atoms with van der Waals surface area (Å²) in [5, 5.41) is 4.53. The molecule has 1 fully saturated rings. The minimum absolute atomic E-state index is 0. The topological polar surface area (TPSA) is 14.1 Å². The third kappa shape index (κ3) is 6.17. The molecule has 2 heteroatoms. The first-order valence-corrected chi connectivity index (χ1v) is 4.97. The zero-order valence-corrected chi connectivity index (χ0v) is 11.5. The molecule has 1 atom stereocenters. The standard InChI is InChI=1S/C8H16N.C2H6.Re/c1-7(2)8-5-3-4-6-9-8;1-2;/h7-8H,3-6H2,1-2H3;1-2H3;/q-1;;. The molecule has 0 aromatic heterocycles. The van der Waals surface area contributed by atoms with Crippen LogP contribution >= 0.6 is 0 Å². The van der Waals surface area contributed by atoms with Crippen LogP contribution in [0.25, 0.3) is 5.32 Å². The van der Waals surface area contributed by atoms with Crippen molar-refractivity contribution in [2.45, 2.75) is 53.0 Å². The van der Waals surface area contributed by atoms with Gasteiger partial charge in [0.25, 0.3) is 0 Å². The smallest absolute Gasteiger partial charge is 0 e. The molecule has 75 valence electrons. The number of rotatable bonds is 1. The minimum atomic E-state index is 0. The molecule has 12 heavy (non-hydrogen) atoms. The van der Waals surface area contributed by atoms with Gasteiger partial charge in [-0.2, -0.15) is 0 Å². The normalized spacial score (nSPS) is 22.2. The quantitative estimate of drug-likeness (QED) is 0.691. The number of piperidine rings is 1. The van der Waals surface area contributed by atoms with Gasteiger partial charge in [0, 0.05) is 20.4 Å². The molecule has 0 N–H and O–H groups in total. The largest absolute Gasteiger partial charge is 0.659 e. The summed E-state index contributed by atoms with van der Waals surface area (Å²) in [4.78, 5) is 0. The van der Waals surface area contributed by atoms with E-state index in [-0.39, 0.29) is 20.4 Å². The maximum atomic E-state index is 4.53. The SMILES string of the molecule is CC.CC(C)C1CCCC[N-]1.[Re]. The Morgan fingerprint density at radius 1 is 1.17 bits per heavy atom. The van der Waals surface area contributed by atoms with Crippen molar-refractivity contribution in [3.05, 3.63) is 5.32 Å². The zero-order valence-electron chi connectivity index (χ0n) is 8.81. The van der Waals surface area contributed by atoms with Crippen molar-refractivity contribution < 1.29 is 20.4 Å². The van der Waals surface area contributed by atoms with Gasteiger partial charge in [0.15, 0.2) is 0 Å². The van der Waals surface area contributed by atoms with E-state index in [1.165, 1.54) is 19.3 Å². The Kier molecular flexibility index (Phi) is 12.2. The fourth-order valence-electron chi connectivity index (χ4n) is 1.36. The average molecular weight is 342 g/mol. The van der Waals surface area contributed by atoms with Gasteiger partial charge in [-0.25, -0.2) is 0 Å². The van der Waals surface area contributed by atoms with Crippen LogP contribution < -0.4 is 0 Å². The number of hydrogen-bond acceptors (Lipinski definition) is 0. The van der Waals surface area contributed by atoms with Gasteiger partial charge in [-0.1, -0.05) is 52.9 Å². The fraction of sp³-hybridized carbons (Fsp3) is 1.00. The van der Waals surface area contributed by atoms with Gasteiger partial charge < -0.3 is 5.32 Å². The molecule has 0 bridgehead atoms. The molecule has 0 aromatic carbocycles. The van der Waals surface area contributed by atoms with Crippen LogP contribution in [0.5, 0.6) is 0 Å². The first-order chi connectivity index (χ1) is 5.30. The predicted octanol–water partition coefficient (Wildman–Crippen LogP) is 3.59. The summed E-state index contributed by atoms with van der Waals surface area (Å²) in [7, 11) is 0. The molecule has 1 nitrogen and oxygen atoms in total. The van der Waals surface area contributed by atoms with Gasteiger partial charge in [0.1, 0.15) is 0 Å². The monoisotopic (exact) mass is 343 g/mol. The average Bonchev–Trinajstić information content (AvgIpc) is 2.10. The Bertz CT molecular complexity index is 77.9. The van der Waals surface area contributed by atoms with Crippen molar-refractivity contribution in [3.8, 4) is 0 Å². The van der Waals surface area contributed by atoms with E-state index < -0.39 is 0 Å². The summed E-state index contributed by atoms with van der Waals surface area (Å²) in [6, 6.07) is 0.679. The Hall–Kier alpha value is 0.622. The Balaban J connectivity index is 0. The van der Waals surface area contributed by atoms with Crippen LogP contribution in [0.2, 0.25) is 0 Å². The van der Waals surface area contributed by atoms with E-state index in [0.29, 0.717) is 6.04 Å². The summed E-state index contributed by atoms with van der Waals surface area (Å²) in [6.45, 7) is 9.64. The second kappa shape index (κ2) is 9.71. The van der Waals surface area contributed by atoms with Crippen LogP contribution in [-0.4, -0.2) is 12.6 Å². The van der Waals surface area contributed by atoms with Gasteiger partial charge in [-0.15, -0.1) is 12.6 Å². The molecule has 0 aliphatic carbocycles. The van der Waals surface area contributed by atoms with Crippen molar-refractivity contribution in [1.82, 2.24) is 0 Å². The summed E-state index contributed by atoms with van der Waals surface area (Å²) in [6.07, 6.45) is 4.05. The van der Waals surface area contributed by atoms with Crippen molar-refractivity contribution in [2.75, 3.05) is 6.54 Å². The third-order valence-corrected chi connectivity index (χ3v) is 2.04. The van der Waals surface area contributed by atoms with Crippen LogP contribution in [0, 0.1) is 5.92 Å². The van der Waals surface area contributed by atoms with Gasteiger partial charge in [-0.3, -0.25) is 0 Å². The van der Waals surface area contributed by atoms with Crippen LogP contribution in [-0.2, 0) is 20.4 Å². The Labute approximate surface area is 91.4 Å². The van der Waals surface area contributed by atoms with E-state index in [1.807, 2.05) is 13.8 Å². The molecule has 0 spiro atoms. The van der Waals surface area contributed by atoms with E-state index in [4.69, 9.17) is 0 Å². The summed E-state index contributed by atoms with van der Waals surface area (Å²) in [5.74, 6) is 0.769.